The summed E-state index contributed by atoms with van der Waals surface area (Å²) in [5.41, 5.74) is 0.146. The summed E-state index contributed by atoms with van der Waals surface area (Å²) in [6, 6.07) is 7.09. The molecule has 1 heterocycles. The number of piperidine rings is 1. The Kier molecular flexibility index (Phi) is 3.07. The molecule has 2 rings (SSSR count). The molecule has 0 amide bonds. The van der Waals surface area contributed by atoms with Crippen molar-refractivity contribution in [1.82, 2.24) is 5.32 Å². The molecule has 2 atom stereocenters. The van der Waals surface area contributed by atoms with Crippen LogP contribution in [0.25, 0.3) is 0 Å². The van der Waals surface area contributed by atoms with E-state index in [1.165, 1.54) is 0 Å². The third kappa shape index (κ3) is 2.42. The summed E-state index contributed by atoms with van der Waals surface area (Å²) in [5.74, 6) is -0.398. The van der Waals surface area contributed by atoms with E-state index in [1.807, 2.05) is 6.07 Å². The third-order valence-corrected chi connectivity index (χ3v) is 3.48. The van der Waals surface area contributed by atoms with Gasteiger partial charge in [-0.1, -0.05) is 12.1 Å². The van der Waals surface area contributed by atoms with Gasteiger partial charge in [0.1, 0.15) is 11.3 Å². The Morgan fingerprint density at radius 3 is 2.94 bits per heavy atom. The number of aliphatic carboxylic acids is 1. The van der Waals surface area contributed by atoms with Crippen molar-refractivity contribution in [2.24, 2.45) is 0 Å². The molecule has 92 valence electrons. The van der Waals surface area contributed by atoms with Crippen molar-refractivity contribution in [3.8, 4) is 5.75 Å². The molecule has 2 unspecified atom stereocenters. The first-order valence-electron chi connectivity index (χ1n) is 5.78. The van der Waals surface area contributed by atoms with E-state index in [2.05, 4.69) is 5.32 Å². The molecule has 17 heavy (non-hydrogen) atoms. The molecule has 4 heteroatoms. The lowest BCUT2D eigenvalue weighted by Gasteiger charge is -2.36. The highest BCUT2D eigenvalue weighted by atomic mass is 16.4. The maximum atomic E-state index is 11.2. The number of hydrogen-bond acceptors (Lipinski definition) is 3. The molecule has 1 fully saturated rings. The Labute approximate surface area is 100 Å². The number of phenols is 1. The van der Waals surface area contributed by atoms with Gasteiger partial charge in [0.05, 0.1) is 0 Å². The predicted molar refractivity (Wildman–Crippen MR) is 64.1 cm³/mol. The van der Waals surface area contributed by atoms with Crippen LogP contribution >= 0.6 is 0 Å². The SMILES string of the molecule is CC1(C(=O)O)CC(c2cccc(O)c2)CCN1. The number of benzene rings is 1. The normalized spacial score (nSPS) is 28.9. The molecule has 3 N–H and O–H groups in total. The lowest BCUT2D eigenvalue weighted by atomic mass is 9.79. The van der Waals surface area contributed by atoms with Crippen molar-refractivity contribution in [2.75, 3.05) is 6.54 Å². The smallest absolute Gasteiger partial charge is 0.323 e. The topological polar surface area (TPSA) is 69.6 Å². The summed E-state index contributed by atoms with van der Waals surface area (Å²) < 4.78 is 0. The van der Waals surface area contributed by atoms with Crippen molar-refractivity contribution in [3.63, 3.8) is 0 Å². The summed E-state index contributed by atoms with van der Waals surface area (Å²) >= 11 is 0. The van der Waals surface area contributed by atoms with E-state index >= 15 is 0 Å². The lowest BCUT2D eigenvalue weighted by molar-refractivity contribution is -0.145. The number of nitrogens with one attached hydrogen (secondary N) is 1. The molecule has 0 spiro atoms. The molecule has 4 nitrogen and oxygen atoms in total. The van der Waals surface area contributed by atoms with E-state index in [1.54, 1.807) is 25.1 Å². The van der Waals surface area contributed by atoms with Crippen molar-refractivity contribution in [2.45, 2.75) is 31.2 Å². The second-order valence-corrected chi connectivity index (χ2v) is 4.85. The van der Waals surface area contributed by atoms with Gasteiger partial charge in [-0.2, -0.15) is 0 Å². The number of carboxylic acids is 1. The quantitative estimate of drug-likeness (QED) is 0.729. The van der Waals surface area contributed by atoms with Gasteiger partial charge in [0.2, 0.25) is 0 Å². The Balaban J connectivity index is 2.20. The van der Waals surface area contributed by atoms with Gasteiger partial charge in [-0.25, -0.2) is 0 Å². The minimum absolute atomic E-state index is 0.185. The fourth-order valence-electron chi connectivity index (χ4n) is 2.42. The van der Waals surface area contributed by atoms with Crippen LogP contribution in [0, 0.1) is 0 Å². The van der Waals surface area contributed by atoms with Gasteiger partial charge in [0.15, 0.2) is 0 Å². The van der Waals surface area contributed by atoms with Crippen LogP contribution in [0.3, 0.4) is 0 Å². The van der Waals surface area contributed by atoms with Gasteiger partial charge < -0.3 is 15.5 Å². The molecule has 0 radical (unpaired) electrons. The van der Waals surface area contributed by atoms with Gasteiger partial charge >= 0.3 is 5.97 Å². The minimum atomic E-state index is -0.867. The highest BCUT2D eigenvalue weighted by molar-refractivity contribution is 5.78. The van der Waals surface area contributed by atoms with Crippen molar-refractivity contribution in [1.29, 1.82) is 0 Å². The molecule has 0 aromatic heterocycles. The first-order chi connectivity index (χ1) is 8.01. The zero-order chi connectivity index (χ0) is 12.5. The third-order valence-electron chi connectivity index (χ3n) is 3.48. The summed E-state index contributed by atoms with van der Waals surface area (Å²) in [6.45, 7) is 2.40. The Morgan fingerprint density at radius 1 is 1.53 bits per heavy atom. The van der Waals surface area contributed by atoms with E-state index in [4.69, 9.17) is 0 Å². The predicted octanol–water partition coefficient (Wildman–Crippen LogP) is 1.70. The number of aromatic hydroxyl groups is 1. The van der Waals surface area contributed by atoms with Crippen LogP contribution in [-0.4, -0.2) is 28.3 Å². The van der Waals surface area contributed by atoms with Crippen LogP contribution in [0.2, 0.25) is 0 Å². The molecule has 0 saturated carbocycles. The maximum Gasteiger partial charge on any atom is 0.323 e. The molecule has 1 saturated heterocycles. The van der Waals surface area contributed by atoms with Crippen LogP contribution < -0.4 is 5.32 Å². The second-order valence-electron chi connectivity index (χ2n) is 4.85. The summed E-state index contributed by atoms with van der Waals surface area (Å²) in [6.07, 6.45) is 1.44. The first-order valence-corrected chi connectivity index (χ1v) is 5.78. The first kappa shape index (κ1) is 11.9. The average Bonchev–Trinajstić information content (AvgIpc) is 2.29. The van der Waals surface area contributed by atoms with Gasteiger partial charge in [-0.15, -0.1) is 0 Å². The largest absolute Gasteiger partial charge is 0.508 e. The van der Waals surface area contributed by atoms with E-state index in [0.717, 1.165) is 12.0 Å². The molecular weight excluding hydrogens is 218 g/mol. The highest BCUT2D eigenvalue weighted by Crippen LogP contribution is 2.33. The van der Waals surface area contributed by atoms with Gasteiger partial charge in [-0.3, -0.25) is 4.79 Å². The number of rotatable bonds is 2. The molecule has 1 aliphatic heterocycles. The molecule has 0 bridgehead atoms. The van der Waals surface area contributed by atoms with Crippen molar-refractivity contribution >= 4 is 5.97 Å². The van der Waals surface area contributed by atoms with Crippen molar-refractivity contribution < 1.29 is 15.0 Å². The summed E-state index contributed by atoms with van der Waals surface area (Å²) in [5, 5.41) is 21.7. The number of carboxylic acid groups (broad SMARTS) is 1. The van der Waals surface area contributed by atoms with Crippen molar-refractivity contribution in [3.05, 3.63) is 29.8 Å². The van der Waals surface area contributed by atoms with Crippen LogP contribution in [0.15, 0.2) is 24.3 Å². The minimum Gasteiger partial charge on any atom is -0.508 e. The van der Waals surface area contributed by atoms with E-state index in [-0.39, 0.29) is 11.7 Å². The number of carbonyl (C=O) groups is 1. The van der Waals surface area contributed by atoms with Crippen LogP contribution in [0.1, 0.15) is 31.2 Å². The summed E-state index contributed by atoms with van der Waals surface area (Å²) in [7, 11) is 0. The van der Waals surface area contributed by atoms with Gasteiger partial charge in [0, 0.05) is 0 Å². The second kappa shape index (κ2) is 4.37. The standard InChI is InChI=1S/C13H17NO3/c1-13(12(16)17)8-10(5-6-14-13)9-3-2-4-11(15)7-9/h2-4,7,10,14-15H,5-6,8H2,1H3,(H,16,17). The molecule has 1 aliphatic rings. The van der Waals surface area contributed by atoms with E-state index in [9.17, 15) is 15.0 Å². The molecule has 1 aromatic carbocycles. The van der Waals surface area contributed by atoms with Crippen LogP contribution in [0.5, 0.6) is 5.75 Å². The fraction of sp³-hybridized carbons (Fsp3) is 0.462. The Morgan fingerprint density at radius 2 is 2.29 bits per heavy atom. The lowest BCUT2D eigenvalue weighted by Crippen LogP contribution is -2.53. The number of phenolic OH excluding ortho intramolecular Hbond substituents is 1. The van der Waals surface area contributed by atoms with Crippen LogP contribution in [0.4, 0.5) is 0 Å². The number of hydrogen-bond donors (Lipinski definition) is 3. The van der Waals surface area contributed by atoms with E-state index < -0.39 is 11.5 Å². The molecule has 0 aliphatic carbocycles. The summed E-state index contributed by atoms with van der Waals surface area (Å²) in [4.78, 5) is 11.2. The Hall–Kier alpha value is -1.55. The van der Waals surface area contributed by atoms with Gasteiger partial charge in [0.25, 0.3) is 0 Å². The average molecular weight is 235 g/mol. The maximum absolute atomic E-state index is 11.2. The van der Waals surface area contributed by atoms with E-state index in [0.29, 0.717) is 13.0 Å². The van der Waals surface area contributed by atoms with Gasteiger partial charge in [-0.05, 0) is 49.9 Å². The Bertz CT molecular complexity index is 432. The van der Waals surface area contributed by atoms with Crippen LogP contribution in [-0.2, 0) is 4.79 Å². The fourth-order valence-corrected chi connectivity index (χ4v) is 2.42. The zero-order valence-electron chi connectivity index (χ0n) is 9.81. The monoisotopic (exact) mass is 235 g/mol. The molecular formula is C13H17NO3. The zero-order valence-corrected chi connectivity index (χ0v) is 9.81. The molecule has 1 aromatic rings. The highest BCUT2D eigenvalue weighted by Gasteiger charge is 2.38.